The summed E-state index contributed by atoms with van der Waals surface area (Å²) in [6, 6.07) is 0. The van der Waals surface area contributed by atoms with Gasteiger partial charge in [0, 0.05) is 72.2 Å². The predicted octanol–water partition coefficient (Wildman–Crippen LogP) is -2.87. The van der Waals surface area contributed by atoms with Crippen molar-refractivity contribution < 1.29 is 0 Å². The first-order chi connectivity index (χ1) is 13.6. The zero-order valence-corrected chi connectivity index (χ0v) is 17.6. The molecule has 0 saturated carbocycles. The summed E-state index contributed by atoms with van der Waals surface area (Å²) in [6.45, 7) is 7.29. The highest BCUT2D eigenvalue weighted by molar-refractivity contribution is 7.80. The van der Waals surface area contributed by atoms with Gasteiger partial charge in [-0.05, 0) is 25.1 Å². The third-order valence-electron chi connectivity index (χ3n) is 4.98. The molecule has 9 nitrogen and oxygen atoms in total. The van der Waals surface area contributed by atoms with Crippen LogP contribution < -0.4 is 48.3 Å². The lowest BCUT2D eigenvalue weighted by molar-refractivity contribution is 0.269. The Hall–Kier alpha value is -1.03. The van der Waals surface area contributed by atoms with Gasteiger partial charge in [-0.3, -0.25) is 0 Å². The van der Waals surface area contributed by atoms with Crippen LogP contribution in [0.1, 0.15) is 19.3 Å². The Morgan fingerprint density at radius 3 is 1.89 bits per heavy atom. The molecule has 10 N–H and O–H groups in total. The Morgan fingerprint density at radius 2 is 1.39 bits per heavy atom. The van der Waals surface area contributed by atoms with Crippen LogP contribution in [0.5, 0.6) is 0 Å². The fraction of sp³-hybridized carbons (Fsp3) is 0.833. The SMILES string of the molecule is C#CCCCCNC(=S)NC12CNCNCC(N)(CNCNC1)CNCNC2. The topological polar surface area (TPSA) is 122 Å². The van der Waals surface area contributed by atoms with E-state index in [1.807, 2.05) is 0 Å². The van der Waals surface area contributed by atoms with Gasteiger partial charge in [-0.1, -0.05) is 0 Å². The second-order valence-corrected chi connectivity index (χ2v) is 8.18. The molecule has 10 heteroatoms. The molecule has 2 bridgehead atoms. The van der Waals surface area contributed by atoms with Crippen LogP contribution in [0.25, 0.3) is 0 Å². The maximum Gasteiger partial charge on any atom is 0.166 e. The van der Waals surface area contributed by atoms with Gasteiger partial charge in [-0.15, -0.1) is 12.3 Å². The molecule has 0 amide bonds. The van der Waals surface area contributed by atoms with Crippen LogP contribution in [-0.4, -0.2) is 82.0 Å². The number of nitrogens with one attached hydrogen (secondary N) is 8. The first-order valence-corrected chi connectivity index (χ1v) is 10.5. The quantitative estimate of drug-likeness (QED) is 0.133. The number of nitrogens with two attached hydrogens (primary N) is 1. The van der Waals surface area contributed by atoms with E-state index in [-0.39, 0.29) is 11.1 Å². The van der Waals surface area contributed by atoms with Gasteiger partial charge in [-0.2, -0.15) is 0 Å². The number of unbranched alkanes of at least 4 members (excludes halogenated alkanes) is 2. The number of thiocarbonyl (C=S) groups is 1. The summed E-state index contributed by atoms with van der Waals surface area (Å²) >= 11 is 5.56. The molecule has 160 valence electrons. The summed E-state index contributed by atoms with van der Waals surface area (Å²) in [5.74, 6) is 2.67. The Balaban J connectivity index is 1.97. The van der Waals surface area contributed by atoms with Crippen LogP contribution in [0.4, 0.5) is 0 Å². The van der Waals surface area contributed by atoms with Gasteiger partial charge in [0.15, 0.2) is 5.11 Å². The van der Waals surface area contributed by atoms with Crippen molar-refractivity contribution in [3.05, 3.63) is 0 Å². The van der Waals surface area contributed by atoms with Crippen LogP contribution in [0.15, 0.2) is 0 Å². The summed E-state index contributed by atoms with van der Waals surface area (Å²) in [5.41, 5.74) is 5.93. The second-order valence-electron chi connectivity index (χ2n) is 7.78. The van der Waals surface area contributed by atoms with Crippen molar-refractivity contribution in [1.82, 2.24) is 42.5 Å². The van der Waals surface area contributed by atoms with Crippen molar-refractivity contribution in [3.63, 3.8) is 0 Å². The van der Waals surface area contributed by atoms with E-state index >= 15 is 0 Å². The van der Waals surface area contributed by atoms with Crippen LogP contribution in [0.2, 0.25) is 0 Å². The highest BCUT2D eigenvalue weighted by Gasteiger charge is 2.32. The van der Waals surface area contributed by atoms with E-state index in [1.165, 1.54) is 0 Å². The number of hydrogen-bond acceptors (Lipinski definition) is 8. The normalized spacial score (nSPS) is 29.9. The predicted molar refractivity (Wildman–Crippen MR) is 119 cm³/mol. The van der Waals surface area contributed by atoms with Crippen LogP contribution in [-0.2, 0) is 0 Å². The van der Waals surface area contributed by atoms with E-state index in [0.29, 0.717) is 25.1 Å². The second kappa shape index (κ2) is 12.5. The zero-order valence-electron chi connectivity index (χ0n) is 16.8. The van der Waals surface area contributed by atoms with Gasteiger partial charge in [0.05, 0.1) is 11.1 Å². The van der Waals surface area contributed by atoms with E-state index in [2.05, 4.69) is 48.5 Å². The molecule has 0 radical (unpaired) electrons. The summed E-state index contributed by atoms with van der Waals surface area (Å²) in [5, 5.41) is 28.3. The van der Waals surface area contributed by atoms with Crippen molar-refractivity contribution >= 4 is 17.3 Å². The van der Waals surface area contributed by atoms with Gasteiger partial charge in [0.25, 0.3) is 0 Å². The highest BCUT2D eigenvalue weighted by Crippen LogP contribution is 2.04. The summed E-state index contributed by atoms with van der Waals surface area (Å²) in [7, 11) is 0. The van der Waals surface area contributed by atoms with Crippen molar-refractivity contribution in [3.8, 4) is 12.3 Å². The molecule has 3 heterocycles. The molecule has 3 aliphatic heterocycles. The molecule has 0 aromatic carbocycles. The molecule has 0 spiro atoms. The average molecular weight is 412 g/mol. The minimum Gasteiger partial charge on any atom is -0.363 e. The minimum absolute atomic E-state index is 0.272. The zero-order chi connectivity index (χ0) is 20.1. The standard InChI is InChI=1S/C18H37N9S/c1-2-3-4-5-6-26-16(28)27-18-10-23-13-20-7-17(19,8-21-14-24-11-18)9-22-15-25-12-18/h1,20-25H,3-15,19H2,(H2,26,27,28). The van der Waals surface area contributed by atoms with Gasteiger partial charge in [0.1, 0.15) is 0 Å². The van der Waals surface area contributed by atoms with Crippen molar-refractivity contribution in [2.75, 3.05) is 65.8 Å². The van der Waals surface area contributed by atoms with Crippen LogP contribution in [0.3, 0.4) is 0 Å². The molecule has 3 fully saturated rings. The molecule has 0 unspecified atom stereocenters. The molecule has 0 aliphatic carbocycles. The third-order valence-corrected chi connectivity index (χ3v) is 5.23. The van der Waals surface area contributed by atoms with E-state index in [9.17, 15) is 0 Å². The van der Waals surface area contributed by atoms with Crippen LogP contribution in [0, 0.1) is 12.3 Å². The Morgan fingerprint density at radius 1 is 0.893 bits per heavy atom. The molecule has 3 aliphatic rings. The monoisotopic (exact) mass is 411 g/mol. The summed E-state index contributed by atoms with van der Waals surface area (Å²) in [6.07, 6.45) is 8.12. The first-order valence-electron chi connectivity index (χ1n) is 10.1. The van der Waals surface area contributed by atoms with Crippen LogP contribution >= 0.6 is 12.2 Å². The summed E-state index contributed by atoms with van der Waals surface area (Å²) < 4.78 is 0. The number of rotatable bonds is 5. The molecular formula is C18H37N9S. The third kappa shape index (κ3) is 8.55. The number of fused-ring (bicyclic) bond motifs is 12. The maximum atomic E-state index is 6.54. The maximum absolute atomic E-state index is 6.54. The number of terminal acetylenes is 1. The number of hydrogen-bond donors (Lipinski definition) is 9. The van der Waals surface area contributed by atoms with Crippen molar-refractivity contribution in [2.24, 2.45) is 5.73 Å². The molecule has 28 heavy (non-hydrogen) atoms. The Kier molecular flexibility index (Phi) is 10.4. The lowest BCUT2D eigenvalue weighted by Crippen LogP contribution is -2.70. The highest BCUT2D eigenvalue weighted by atomic mass is 32.1. The molecule has 3 saturated heterocycles. The molecule has 0 aromatic rings. The van der Waals surface area contributed by atoms with E-state index in [0.717, 1.165) is 65.1 Å². The smallest absolute Gasteiger partial charge is 0.166 e. The van der Waals surface area contributed by atoms with Crippen molar-refractivity contribution in [2.45, 2.75) is 30.3 Å². The van der Waals surface area contributed by atoms with Gasteiger partial charge in [-0.25, -0.2) is 0 Å². The van der Waals surface area contributed by atoms with Gasteiger partial charge < -0.3 is 48.3 Å². The lowest BCUT2D eigenvalue weighted by atomic mass is 9.98. The first kappa shape index (κ1) is 23.3. The molecule has 0 atom stereocenters. The van der Waals surface area contributed by atoms with Gasteiger partial charge >= 0.3 is 0 Å². The van der Waals surface area contributed by atoms with E-state index in [4.69, 9.17) is 24.4 Å². The molecule has 3 rings (SSSR count). The summed E-state index contributed by atoms with van der Waals surface area (Å²) in [4.78, 5) is 0. The van der Waals surface area contributed by atoms with E-state index < -0.39 is 0 Å². The van der Waals surface area contributed by atoms with Gasteiger partial charge in [0.2, 0.25) is 0 Å². The molecule has 0 aromatic heterocycles. The molecular weight excluding hydrogens is 374 g/mol. The lowest BCUT2D eigenvalue weighted by Gasteiger charge is -2.39. The van der Waals surface area contributed by atoms with E-state index in [1.54, 1.807) is 0 Å². The average Bonchev–Trinajstić information content (AvgIpc) is 2.65. The fourth-order valence-corrected chi connectivity index (χ4v) is 3.77. The Labute approximate surface area is 174 Å². The minimum atomic E-state index is -0.344. The van der Waals surface area contributed by atoms with Crippen molar-refractivity contribution in [1.29, 1.82) is 0 Å². The Bertz CT molecular complexity index is 469. The fourth-order valence-electron chi connectivity index (χ4n) is 3.45. The largest absolute Gasteiger partial charge is 0.363 e.